The van der Waals surface area contributed by atoms with Gasteiger partial charge in [-0.2, -0.15) is 21.3 Å². The van der Waals surface area contributed by atoms with Crippen LogP contribution in [0.2, 0.25) is 0 Å². The van der Waals surface area contributed by atoms with Crippen molar-refractivity contribution >= 4 is 21.8 Å². The third-order valence-electron chi connectivity index (χ3n) is 3.26. The van der Waals surface area contributed by atoms with E-state index in [2.05, 4.69) is 6.07 Å². The minimum absolute atomic E-state index is 0.0964. The molecule has 108 valence electrons. The topological polar surface area (TPSA) is 61.2 Å². The fraction of sp³-hybridized carbons (Fsp3) is 0.500. The van der Waals surface area contributed by atoms with E-state index >= 15 is 0 Å². The lowest BCUT2D eigenvalue weighted by atomic mass is 10.1. The van der Waals surface area contributed by atoms with Gasteiger partial charge in [0.15, 0.2) is 0 Å². The molecule has 0 aliphatic carbocycles. The van der Waals surface area contributed by atoms with Crippen LogP contribution >= 0.6 is 11.8 Å². The van der Waals surface area contributed by atoms with Crippen molar-refractivity contribution in [1.82, 2.24) is 4.31 Å². The summed E-state index contributed by atoms with van der Waals surface area (Å²) >= 11 is 1.82. The average molecular weight is 310 g/mol. The quantitative estimate of drug-likeness (QED) is 0.859. The Labute approximate surface area is 124 Å². The van der Waals surface area contributed by atoms with E-state index in [0.717, 1.165) is 0 Å². The molecule has 4 nitrogen and oxygen atoms in total. The molecule has 2 unspecified atom stereocenters. The predicted molar refractivity (Wildman–Crippen MR) is 81.9 cm³/mol. The second kappa shape index (κ2) is 6.17. The first-order valence-electron chi connectivity index (χ1n) is 6.53. The van der Waals surface area contributed by atoms with Gasteiger partial charge in [-0.25, -0.2) is 8.42 Å². The fourth-order valence-electron chi connectivity index (χ4n) is 2.40. The van der Waals surface area contributed by atoms with Gasteiger partial charge >= 0.3 is 0 Å². The van der Waals surface area contributed by atoms with E-state index in [1.165, 1.54) is 0 Å². The molecular weight excluding hydrogens is 292 g/mol. The minimum Gasteiger partial charge on any atom is -0.212 e. The molecule has 0 amide bonds. The molecule has 2 rings (SSSR count). The molecule has 1 aliphatic heterocycles. The largest absolute Gasteiger partial charge is 0.218 e. The van der Waals surface area contributed by atoms with Crippen LogP contribution in [0.5, 0.6) is 0 Å². The van der Waals surface area contributed by atoms with Crippen molar-refractivity contribution in [3.05, 3.63) is 35.4 Å². The predicted octanol–water partition coefficient (Wildman–Crippen LogP) is 2.21. The normalized spacial score (nSPS) is 24.2. The lowest BCUT2D eigenvalue weighted by Gasteiger charge is -2.33. The zero-order chi connectivity index (χ0) is 14.8. The van der Waals surface area contributed by atoms with E-state index in [1.807, 2.05) is 25.6 Å². The van der Waals surface area contributed by atoms with E-state index in [9.17, 15) is 8.42 Å². The van der Waals surface area contributed by atoms with Crippen LogP contribution in [0.4, 0.5) is 0 Å². The first-order chi connectivity index (χ1) is 9.42. The molecule has 20 heavy (non-hydrogen) atoms. The third kappa shape index (κ3) is 3.54. The highest BCUT2D eigenvalue weighted by molar-refractivity contribution is 8.00. The van der Waals surface area contributed by atoms with Crippen molar-refractivity contribution in [2.24, 2.45) is 0 Å². The van der Waals surface area contributed by atoms with Crippen LogP contribution < -0.4 is 0 Å². The van der Waals surface area contributed by atoms with Gasteiger partial charge in [0.05, 0.1) is 17.4 Å². The molecule has 1 aliphatic rings. The summed E-state index contributed by atoms with van der Waals surface area (Å²) in [7, 11) is -3.37. The van der Waals surface area contributed by atoms with Crippen LogP contribution in [0.3, 0.4) is 0 Å². The maximum atomic E-state index is 12.5. The molecule has 1 aromatic rings. The van der Waals surface area contributed by atoms with Gasteiger partial charge in [0.25, 0.3) is 0 Å². The Bertz CT molecular complexity index is 612. The van der Waals surface area contributed by atoms with Gasteiger partial charge in [0.1, 0.15) is 0 Å². The number of hydrogen-bond acceptors (Lipinski definition) is 4. The number of sulfonamides is 1. The van der Waals surface area contributed by atoms with Crippen LogP contribution in [0, 0.1) is 11.3 Å². The summed E-state index contributed by atoms with van der Waals surface area (Å²) in [4.78, 5) is 0. The first-order valence-corrected chi connectivity index (χ1v) is 9.09. The molecule has 1 fully saturated rings. The van der Waals surface area contributed by atoms with Crippen LogP contribution in [-0.2, 0) is 15.8 Å². The van der Waals surface area contributed by atoms with Crippen molar-refractivity contribution in [2.75, 3.05) is 13.1 Å². The van der Waals surface area contributed by atoms with E-state index in [1.54, 1.807) is 28.6 Å². The number of hydrogen-bond donors (Lipinski definition) is 0. The Morgan fingerprint density at radius 2 is 1.90 bits per heavy atom. The van der Waals surface area contributed by atoms with Crippen LogP contribution in [-0.4, -0.2) is 36.3 Å². The van der Waals surface area contributed by atoms with Gasteiger partial charge in [0.2, 0.25) is 10.0 Å². The smallest absolute Gasteiger partial charge is 0.212 e. The Hall–Kier alpha value is -1.03. The van der Waals surface area contributed by atoms with Gasteiger partial charge in [-0.05, 0) is 11.6 Å². The summed E-state index contributed by atoms with van der Waals surface area (Å²) in [5.74, 6) is -0.0964. The highest BCUT2D eigenvalue weighted by atomic mass is 32.2. The minimum atomic E-state index is -3.37. The van der Waals surface area contributed by atoms with Gasteiger partial charge < -0.3 is 0 Å². The monoisotopic (exact) mass is 310 g/mol. The Kier molecular flexibility index (Phi) is 4.74. The summed E-state index contributed by atoms with van der Waals surface area (Å²) in [6.07, 6.45) is 0. The Balaban J connectivity index is 2.21. The highest BCUT2D eigenvalue weighted by Gasteiger charge is 2.31. The van der Waals surface area contributed by atoms with Gasteiger partial charge in [-0.1, -0.05) is 32.0 Å². The fourth-order valence-corrected chi connectivity index (χ4v) is 5.64. The van der Waals surface area contributed by atoms with Crippen LogP contribution in [0.1, 0.15) is 25.0 Å². The standard InChI is InChI=1S/C14H18N2O2S2/c1-11-8-16(9-12(2)19-11)20(17,18)10-14-6-4-3-5-13(14)7-15/h3-6,11-12H,8-10H2,1-2H3. The summed E-state index contributed by atoms with van der Waals surface area (Å²) in [6.45, 7) is 5.19. The second-order valence-electron chi connectivity index (χ2n) is 5.10. The maximum absolute atomic E-state index is 12.5. The SMILES string of the molecule is CC1CN(S(=O)(=O)Cc2ccccc2C#N)CC(C)S1. The van der Waals surface area contributed by atoms with Crippen molar-refractivity contribution in [2.45, 2.75) is 30.1 Å². The zero-order valence-electron chi connectivity index (χ0n) is 11.6. The molecule has 0 aromatic heterocycles. The molecule has 6 heteroatoms. The highest BCUT2D eigenvalue weighted by Crippen LogP contribution is 2.27. The molecule has 1 heterocycles. The number of thioether (sulfide) groups is 1. The molecule has 0 radical (unpaired) electrons. The maximum Gasteiger partial charge on any atom is 0.218 e. The second-order valence-corrected chi connectivity index (χ2v) is 8.95. The molecule has 0 N–H and O–H groups in total. The number of nitriles is 1. The molecule has 0 spiro atoms. The van der Waals surface area contributed by atoms with Crippen LogP contribution in [0.25, 0.3) is 0 Å². The summed E-state index contributed by atoms with van der Waals surface area (Å²) < 4.78 is 26.6. The molecule has 0 bridgehead atoms. The summed E-state index contributed by atoms with van der Waals surface area (Å²) in [6, 6.07) is 8.93. The van der Waals surface area contributed by atoms with Crippen LogP contribution in [0.15, 0.2) is 24.3 Å². The molecule has 1 aromatic carbocycles. The average Bonchev–Trinajstić information content (AvgIpc) is 2.38. The molecule has 0 saturated carbocycles. The van der Waals surface area contributed by atoms with E-state index in [-0.39, 0.29) is 5.75 Å². The first kappa shape index (κ1) is 15.4. The Morgan fingerprint density at radius 1 is 1.30 bits per heavy atom. The molecule has 1 saturated heterocycles. The lowest BCUT2D eigenvalue weighted by molar-refractivity contribution is 0.404. The van der Waals surface area contributed by atoms with Gasteiger partial charge in [-0.15, -0.1) is 0 Å². The molecular formula is C14H18N2O2S2. The lowest BCUT2D eigenvalue weighted by Crippen LogP contribution is -2.44. The van der Waals surface area contributed by atoms with Crippen molar-refractivity contribution < 1.29 is 8.42 Å². The zero-order valence-corrected chi connectivity index (χ0v) is 13.2. The van der Waals surface area contributed by atoms with E-state index < -0.39 is 10.0 Å². The van der Waals surface area contributed by atoms with Crippen molar-refractivity contribution in [3.63, 3.8) is 0 Å². The van der Waals surface area contributed by atoms with Gasteiger partial charge in [-0.3, -0.25) is 0 Å². The number of nitrogens with zero attached hydrogens (tertiary/aromatic N) is 2. The Morgan fingerprint density at radius 3 is 2.50 bits per heavy atom. The summed E-state index contributed by atoms with van der Waals surface area (Å²) in [5.41, 5.74) is 1.01. The third-order valence-corrected chi connectivity index (χ3v) is 6.24. The van der Waals surface area contributed by atoms with Gasteiger partial charge in [0, 0.05) is 23.6 Å². The van der Waals surface area contributed by atoms with Crippen molar-refractivity contribution in [1.29, 1.82) is 5.26 Å². The number of rotatable bonds is 3. The van der Waals surface area contributed by atoms with E-state index in [4.69, 9.17) is 5.26 Å². The number of benzene rings is 1. The molecule has 2 atom stereocenters. The summed E-state index contributed by atoms with van der Waals surface area (Å²) in [5, 5.41) is 9.66. The van der Waals surface area contributed by atoms with Crippen molar-refractivity contribution in [3.8, 4) is 6.07 Å². The van der Waals surface area contributed by atoms with E-state index in [0.29, 0.717) is 34.7 Å².